The van der Waals surface area contributed by atoms with Crippen molar-refractivity contribution in [3.63, 3.8) is 0 Å². The summed E-state index contributed by atoms with van der Waals surface area (Å²) < 4.78 is 4.88. The van der Waals surface area contributed by atoms with Gasteiger partial charge >= 0.3 is 5.97 Å². The fourth-order valence-electron chi connectivity index (χ4n) is 2.53. The van der Waals surface area contributed by atoms with Crippen molar-refractivity contribution in [2.45, 2.75) is 109 Å². The summed E-state index contributed by atoms with van der Waals surface area (Å²) in [6.07, 6.45) is 17.6. The van der Waals surface area contributed by atoms with E-state index in [1.165, 1.54) is 70.6 Å². The van der Waals surface area contributed by atoms with Crippen LogP contribution < -0.4 is 0 Å². The minimum atomic E-state index is -0.500. The molecule has 0 aliphatic carbocycles. The van der Waals surface area contributed by atoms with Gasteiger partial charge in [-0.3, -0.25) is 4.79 Å². The predicted octanol–water partition coefficient (Wildman–Crippen LogP) is 6.60. The van der Waals surface area contributed by atoms with Crippen LogP contribution in [0.3, 0.4) is 0 Å². The molecule has 0 saturated heterocycles. The van der Waals surface area contributed by atoms with E-state index >= 15 is 0 Å². The zero-order valence-electron chi connectivity index (χ0n) is 14.2. The van der Waals surface area contributed by atoms with Crippen LogP contribution in [0.15, 0.2) is 0 Å². The SMILES string of the molecule is CCCCCCCCCCCCCCCC(=O)O[C@@H](C)Cl. The van der Waals surface area contributed by atoms with E-state index in [0.717, 1.165) is 12.8 Å². The summed E-state index contributed by atoms with van der Waals surface area (Å²) >= 11 is 5.59. The molecule has 1 atom stereocenters. The maximum atomic E-state index is 11.2. The average Bonchev–Trinajstić information content (AvgIpc) is 2.43. The molecule has 0 aliphatic rings. The second-order valence-corrected chi connectivity index (χ2v) is 6.64. The number of carbonyl (C=O) groups is 1. The highest BCUT2D eigenvalue weighted by Crippen LogP contribution is 2.13. The normalized spacial score (nSPS) is 12.3. The number of esters is 1. The van der Waals surface area contributed by atoms with Gasteiger partial charge in [0.15, 0.2) is 5.56 Å². The number of hydrogen-bond acceptors (Lipinski definition) is 2. The highest BCUT2D eigenvalue weighted by molar-refractivity contribution is 6.19. The molecule has 0 aromatic rings. The summed E-state index contributed by atoms with van der Waals surface area (Å²) in [4.78, 5) is 11.2. The first kappa shape index (κ1) is 20.8. The minimum Gasteiger partial charge on any atom is -0.446 e. The number of alkyl halides is 1. The Kier molecular flexibility index (Phi) is 16.0. The van der Waals surface area contributed by atoms with Gasteiger partial charge in [-0.2, -0.15) is 0 Å². The quantitative estimate of drug-likeness (QED) is 0.193. The number of carbonyl (C=O) groups excluding carboxylic acids is 1. The minimum absolute atomic E-state index is 0.166. The summed E-state index contributed by atoms with van der Waals surface area (Å²) in [5.74, 6) is -0.166. The van der Waals surface area contributed by atoms with Crippen LogP contribution in [0.5, 0.6) is 0 Å². The predicted molar refractivity (Wildman–Crippen MR) is 91.7 cm³/mol. The lowest BCUT2D eigenvalue weighted by atomic mass is 10.0. The van der Waals surface area contributed by atoms with Crippen molar-refractivity contribution in [3.05, 3.63) is 0 Å². The molecule has 0 spiro atoms. The van der Waals surface area contributed by atoms with E-state index in [1.54, 1.807) is 6.92 Å². The lowest BCUT2D eigenvalue weighted by Crippen LogP contribution is -2.08. The Balaban J connectivity index is 3.07. The van der Waals surface area contributed by atoms with Crippen LogP contribution in [0.1, 0.15) is 104 Å². The summed E-state index contributed by atoms with van der Waals surface area (Å²) in [5.41, 5.74) is -0.500. The summed E-state index contributed by atoms with van der Waals surface area (Å²) in [7, 11) is 0. The van der Waals surface area contributed by atoms with Crippen molar-refractivity contribution >= 4 is 17.6 Å². The molecule has 2 nitrogen and oxygen atoms in total. The maximum Gasteiger partial charge on any atom is 0.307 e. The molecule has 0 amide bonds. The molecule has 0 heterocycles. The summed E-state index contributed by atoms with van der Waals surface area (Å²) in [6, 6.07) is 0. The Bertz CT molecular complexity index is 229. The Hall–Kier alpha value is -0.240. The topological polar surface area (TPSA) is 26.3 Å². The van der Waals surface area contributed by atoms with Crippen molar-refractivity contribution in [1.29, 1.82) is 0 Å². The zero-order valence-corrected chi connectivity index (χ0v) is 14.9. The highest BCUT2D eigenvalue weighted by atomic mass is 35.5. The van der Waals surface area contributed by atoms with Crippen LogP contribution in [0.2, 0.25) is 0 Å². The van der Waals surface area contributed by atoms with E-state index in [1.807, 2.05) is 0 Å². The highest BCUT2D eigenvalue weighted by Gasteiger charge is 2.05. The Labute approximate surface area is 137 Å². The summed E-state index contributed by atoms with van der Waals surface area (Å²) in [5, 5.41) is 0. The number of rotatable bonds is 15. The summed E-state index contributed by atoms with van der Waals surface area (Å²) in [6.45, 7) is 3.94. The molecule has 0 N–H and O–H groups in total. The van der Waals surface area contributed by atoms with Crippen molar-refractivity contribution in [2.24, 2.45) is 0 Å². The molecule has 0 aromatic heterocycles. The van der Waals surface area contributed by atoms with E-state index in [0.29, 0.717) is 6.42 Å². The van der Waals surface area contributed by atoms with Gasteiger partial charge in [-0.05, 0) is 13.3 Å². The molecule has 0 unspecified atom stereocenters. The molecular weight excluding hydrogens is 284 g/mol. The molecule has 0 fully saturated rings. The van der Waals surface area contributed by atoms with E-state index in [2.05, 4.69) is 6.92 Å². The van der Waals surface area contributed by atoms with E-state index in [-0.39, 0.29) is 5.97 Å². The smallest absolute Gasteiger partial charge is 0.307 e. The Morgan fingerprint density at radius 3 is 1.57 bits per heavy atom. The van der Waals surface area contributed by atoms with Crippen LogP contribution >= 0.6 is 11.6 Å². The number of hydrogen-bond donors (Lipinski definition) is 0. The van der Waals surface area contributed by atoms with Crippen molar-refractivity contribution in [1.82, 2.24) is 0 Å². The van der Waals surface area contributed by atoms with E-state index in [9.17, 15) is 4.79 Å². The zero-order chi connectivity index (χ0) is 15.8. The number of unbranched alkanes of at least 4 members (excludes halogenated alkanes) is 12. The van der Waals surface area contributed by atoms with Gasteiger partial charge in [0.1, 0.15) is 0 Å². The monoisotopic (exact) mass is 318 g/mol. The number of ether oxygens (including phenoxy) is 1. The van der Waals surface area contributed by atoms with Gasteiger partial charge in [0, 0.05) is 6.42 Å². The second kappa shape index (κ2) is 16.1. The standard InChI is InChI=1S/C18H35ClO2/c1-3-4-5-6-7-8-9-10-11-12-13-14-15-16-18(20)21-17(2)19/h17H,3-16H2,1-2H3/t17-/m0/s1. The van der Waals surface area contributed by atoms with Crippen LogP contribution in [-0.2, 0) is 9.53 Å². The van der Waals surface area contributed by atoms with Crippen molar-refractivity contribution in [2.75, 3.05) is 0 Å². The molecule has 21 heavy (non-hydrogen) atoms. The first-order valence-corrected chi connectivity index (χ1v) is 9.44. The largest absolute Gasteiger partial charge is 0.446 e. The fourth-order valence-corrected chi connectivity index (χ4v) is 2.63. The number of halogens is 1. The molecule has 3 heteroatoms. The van der Waals surface area contributed by atoms with Gasteiger partial charge in [-0.1, -0.05) is 95.6 Å². The van der Waals surface area contributed by atoms with Gasteiger partial charge in [0.25, 0.3) is 0 Å². The lowest BCUT2D eigenvalue weighted by molar-refractivity contribution is -0.144. The van der Waals surface area contributed by atoms with Crippen molar-refractivity contribution < 1.29 is 9.53 Å². The first-order valence-electron chi connectivity index (χ1n) is 9.00. The maximum absolute atomic E-state index is 11.2. The third-order valence-corrected chi connectivity index (χ3v) is 3.87. The fraction of sp³-hybridized carbons (Fsp3) is 0.944. The van der Waals surface area contributed by atoms with Crippen LogP contribution in [-0.4, -0.2) is 11.5 Å². The molecule has 0 radical (unpaired) electrons. The lowest BCUT2D eigenvalue weighted by Gasteiger charge is -2.06. The Morgan fingerprint density at radius 2 is 1.19 bits per heavy atom. The van der Waals surface area contributed by atoms with Gasteiger partial charge in [0.2, 0.25) is 0 Å². The first-order chi connectivity index (χ1) is 10.2. The van der Waals surface area contributed by atoms with Crippen LogP contribution in [0, 0.1) is 0 Å². The van der Waals surface area contributed by atoms with Gasteiger partial charge < -0.3 is 4.74 Å². The Morgan fingerprint density at radius 1 is 0.810 bits per heavy atom. The second-order valence-electron chi connectivity index (χ2n) is 6.03. The van der Waals surface area contributed by atoms with Gasteiger partial charge in [0.05, 0.1) is 0 Å². The van der Waals surface area contributed by atoms with Gasteiger partial charge in [-0.15, -0.1) is 0 Å². The molecule has 0 aromatic carbocycles. The molecule has 0 bridgehead atoms. The van der Waals surface area contributed by atoms with Gasteiger partial charge in [-0.25, -0.2) is 0 Å². The van der Waals surface area contributed by atoms with E-state index < -0.39 is 5.56 Å². The molecule has 0 saturated carbocycles. The molecule has 126 valence electrons. The molecule has 0 rings (SSSR count). The van der Waals surface area contributed by atoms with Crippen LogP contribution in [0.25, 0.3) is 0 Å². The molecule has 0 aliphatic heterocycles. The third-order valence-electron chi connectivity index (χ3n) is 3.78. The van der Waals surface area contributed by atoms with Crippen LogP contribution in [0.4, 0.5) is 0 Å². The van der Waals surface area contributed by atoms with E-state index in [4.69, 9.17) is 16.3 Å². The molecular formula is C18H35ClO2. The average molecular weight is 319 g/mol. The third kappa shape index (κ3) is 17.7. The van der Waals surface area contributed by atoms with Crippen molar-refractivity contribution in [3.8, 4) is 0 Å².